The second-order valence-corrected chi connectivity index (χ2v) is 6.81. The standard InChI is InChI=1S/C21H22FN3O3/c1-14(26)23-17-4-2-5-18(12-17)24-21(28)19-6-3-7-20(27)25(19)13-15-8-10-16(22)11-9-15/h2,4-5,8-12,19H,3,6-7,13H2,1H3,(H,23,26)(H,24,28). The van der Waals surface area contributed by atoms with E-state index in [1.165, 1.54) is 19.1 Å². The van der Waals surface area contributed by atoms with Gasteiger partial charge < -0.3 is 15.5 Å². The minimum atomic E-state index is -0.601. The molecule has 1 saturated heterocycles. The average molecular weight is 383 g/mol. The topological polar surface area (TPSA) is 78.5 Å². The summed E-state index contributed by atoms with van der Waals surface area (Å²) in [6, 6.07) is 12.1. The van der Waals surface area contributed by atoms with Gasteiger partial charge in [0.1, 0.15) is 11.9 Å². The molecule has 1 heterocycles. The molecule has 3 rings (SSSR count). The second kappa shape index (κ2) is 8.65. The summed E-state index contributed by atoms with van der Waals surface area (Å²) in [4.78, 5) is 38.0. The van der Waals surface area contributed by atoms with Crippen molar-refractivity contribution in [3.05, 3.63) is 59.9 Å². The van der Waals surface area contributed by atoms with E-state index in [4.69, 9.17) is 0 Å². The van der Waals surface area contributed by atoms with Gasteiger partial charge in [0, 0.05) is 31.3 Å². The summed E-state index contributed by atoms with van der Waals surface area (Å²) in [6.07, 6.45) is 1.59. The van der Waals surface area contributed by atoms with E-state index >= 15 is 0 Å². The Morgan fingerprint density at radius 2 is 1.79 bits per heavy atom. The number of amides is 3. The van der Waals surface area contributed by atoms with Crippen LogP contribution in [0.3, 0.4) is 0 Å². The fourth-order valence-corrected chi connectivity index (χ4v) is 3.28. The third-order valence-electron chi connectivity index (χ3n) is 4.58. The van der Waals surface area contributed by atoms with Crippen LogP contribution in [0, 0.1) is 5.82 Å². The Bertz CT molecular complexity index is 883. The molecule has 0 bridgehead atoms. The van der Waals surface area contributed by atoms with Crippen LogP contribution in [-0.2, 0) is 20.9 Å². The maximum Gasteiger partial charge on any atom is 0.247 e. The molecule has 6 nitrogen and oxygen atoms in total. The van der Waals surface area contributed by atoms with Crippen LogP contribution in [-0.4, -0.2) is 28.7 Å². The molecule has 1 aliphatic rings. The largest absolute Gasteiger partial charge is 0.326 e. The molecular weight excluding hydrogens is 361 g/mol. The van der Waals surface area contributed by atoms with E-state index in [-0.39, 0.29) is 30.1 Å². The highest BCUT2D eigenvalue weighted by Crippen LogP contribution is 2.23. The molecule has 3 amide bonds. The summed E-state index contributed by atoms with van der Waals surface area (Å²) >= 11 is 0. The van der Waals surface area contributed by atoms with Gasteiger partial charge in [-0.15, -0.1) is 0 Å². The molecule has 7 heteroatoms. The molecular formula is C21H22FN3O3. The van der Waals surface area contributed by atoms with Crippen LogP contribution >= 0.6 is 0 Å². The van der Waals surface area contributed by atoms with E-state index in [0.717, 1.165) is 5.56 Å². The Morgan fingerprint density at radius 1 is 1.11 bits per heavy atom. The molecule has 146 valence electrons. The molecule has 0 radical (unpaired) electrons. The lowest BCUT2D eigenvalue weighted by atomic mass is 9.99. The molecule has 1 aliphatic heterocycles. The number of likely N-dealkylation sites (tertiary alicyclic amines) is 1. The molecule has 2 aromatic carbocycles. The predicted molar refractivity (Wildman–Crippen MR) is 104 cm³/mol. The van der Waals surface area contributed by atoms with Crippen LogP contribution in [0.2, 0.25) is 0 Å². The minimum absolute atomic E-state index is 0.0947. The van der Waals surface area contributed by atoms with E-state index in [0.29, 0.717) is 30.6 Å². The quantitative estimate of drug-likeness (QED) is 0.832. The van der Waals surface area contributed by atoms with Crippen LogP contribution in [0.25, 0.3) is 0 Å². The summed E-state index contributed by atoms with van der Waals surface area (Å²) in [5.41, 5.74) is 1.88. The molecule has 2 aromatic rings. The number of hydrogen-bond acceptors (Lipinski definition) is 3. The first-order valence-electron chi connectivity index (χ1n) is 9.15. The van der Waals surface area contributed by atoms with Gasteiger partial charge in [-0.2, -0.15) is 0 Å². The molecule has 2 N–H and O–H groups in total. The van der Waals surface area contributed by atoms with Gasteiger partial charge in [-0.3, -0.25) is 14.4 Å². The zero-order valence-corrected chi connectivity index (χ0v) is 15.6. The second-order valence-electron chi connectivity index (χ2n) is 6.81. The van der Waals surface area contributed by atoms with Gasteiger partial charge in [-0.05, 0) is 48.7 Å². The highest BCUT2D eigenvalue weighted by Gasteiger charge is 2.33. The molecule has 0 spiro atoms. The van der Waals surface area contributed by atoms with Crippen LogP contribution in [0.5, 0.6) is 0 Å². The van der Waals surface area contributed by atoms with Crippen molar-refractivity contribution in [2.75, 3.05) is 10.6 Å². The summed E-state index contributed by atoms with van der Waals surface area (Å²) < 4.78 is 13.1. The van der Waals surface area contributed by atoms with E-state index < -0.39 is 6.04 Å². The molecule has 28 heavy (non-hydrogen) atoms. The lowest BCUT2D eigenvalue weighted by molar-refractivity contribution is -0.142. The van der Waals surface area contributed by atoms with Gasteiger partial charge in [0.15, 0.2) is 0 Å². The molecule has 1 unspecified atom stereocenters. The van der Waals surface area contributed by atoms with Crippen molar-refractivity contribution in [2.24, 2.45) is 0 Å². The number of anilines is 2. The minimum Gasteiger partial charge on any atom is -0.326 e. The monoisotopic (exact) mass is 383 g/mol. The number of nitrogens with zero attached hydrogens (tertiary/aromatic N) is 1. The lowest BCUT2D eigenvalue weighted by Crippen LogP contribution is -2.49. The fraction of sp³-hybridized carbons (Fsp3) is 0.286. The summed E-state index contributed by atoms with van der Waals surface area (Å²) in [6.45, 7) is 1.66. The number of hydrogen-bond donors (Lipinski definition) is 2. The first-order valence-corrected chi connectivity index (χ1v) is 9.15. The van der Waals surface area contributed by atoms with E-state index in [2.05, 4.69) is 10.6 Å². The fourth-order valence-electron chi connectivity index (χ4n) is 3.28. The highest BCUT2D eigenvalue weighted by atomic mass is 19.1. The number of carbonyl (C=O) groups is 3. The Hall–Kier alpha value is -3.22. The molecule has 0 saturated carbocycles. The number of piperidine rings is 1. The normalized spacial score (nSPS) is 16.6. The van der Waals surface area contributed by atoms with Gasteiger partial charge in [0.25, 0.3) is 0 Å². The van der Waals surface area contributed by atoms with Gasteiger partial charge in [0.05, 0.1) is 0 Å². The van der Waals surface area contributed by atoms with Gasteiger partial charge >= 0.3 is 0 Å². The lowest BCUT2D eigenvalue weighted by Gasteiger charge is -2.34. The Kier molecular flexibility index (Phi) is 6.03. The van der Waals surface area contributed by atoms with E-state index in [1.807, 2.05) is 0 Å². The van der Waals surface area contributed by atoms with Crippen molar-refractivity contribution in [1.29, 1.82) is 0 Å². The Morgan fingerprint density at radius 3 is 2.46 bits per heavy atom. The van der Waals surface area contributed by atoms with E-state index in [1.54, 1.807) is 41.3 Å². The van der Waals surface area contributed by atoms with E-state index in [9.17, 15) is 18.8 Å². The van der Waals surface area contributed by atoms with Crippen LogP contribution in [0.15, 0.2) is 48.5 Å². The van der Waals surface area contributed by atoms with Crippen molar-refractivity contribution < 1.29 is 18.8 Å². The first kappa shape index (κ1) is 19.5. The summed E-state index contributed by atoms with van der Waals surface area (Å²) in [7, 11) is 0. The average Bonchev–Trinajstić information content (AvgIpc) is 2.65. The zero-order chi connectivity index (χ0) is 20.1. The first-order chi connectivity index (χ1) is 13.4. The molecule has 1 fully saturated rings. The maximum absolute atomic E-state index is 13.1. The number of rotatable bonds is 5. The number of nitrogens with one attached hydrogen (secondary N) is 2. The predicted octanol–water partition coefficient (Wildman–Crippen LogP) is 3.30. The number of benzene rings is 2. The zero-order valence-electron chi connectivity index (χ0n) is 15.6. The SMILES string of the molecule is CC(=O)Nc1cccc(NC(=O)C2CCCC(=O)N2Cc2ccc(F)cc2)c1. The molecule has 1 atom stereocenters. The van der Waals surface area contributed by atoms with Crippen LogP contribution < -0.4 is 10.6 Å². The highest BCUT2D eigenvalue weighted by molar-refractivity contribution is 5.98. The molecule has 0 aromatic heterocycles. The van der Waals surface area contributed by atoms with Crippen LogP contribution in [0.1, 0.15) is 31.7 Å². The van der Waals surface area contributed by atoms with Crippen molar-refractivity contribution in [1.82, 2.24) is 4.90 Å². The number of carbonyl (C=O) groups excluding carboxylic acids is 3. The third-order valence-corrected chi connectivity index (χ3v) is 4.58. The summed E-state index contributed by atoms with van der Waals surface area (Å²) in [5, 5.41) is 5.49. The van der Waals surface area contributed by atoms with Gasteiger partial charge in [0.2, 0.25) is 17.7 Å². The van der Waals surface area contributed by atoms with Crippen LogP contribution in [0.4, 0.5) is 15.8 Å². The van der Waals surface area contributed by atoms with Gasteiger partial charge in [-0.1, -0.05) is 18.2 Å². The third kappa shape index (κ3) is 4.94. The number of halogens is 1. The Balaban J connectivity index is 1.73. The van der Waals surface area contributed by atoms with Crippen molar-refractivity contribution in [3.8, 4) is 0 Å². The smallest absolute Gasteiger partial charge is 0.247 e. The van der Waals surface area contributed by atoms with Crippen molar-refractivity contribution in [2.45, 2.75) is 38.8 Å². The van der Waals surface area contributed by atoms with Crippen molar-refractivity contribution >= 4 is 29.1 Å². The van der Waals surface area contributed by atoms with Gasteiger partial charge in [-0.25, -0.2) is 4.39 Å². The summed E-state index contributed by atoms with van der Waals surface area (Å²) in [5.74, 6) is -0.924. The van der Waals surface area contributed by atoms with Crippen molar-refractivity contribution in [3.63, 3.8) is 0 Å². The Labute approximate surface area is 162 Å². The molecule has 0 aliphatic carbocycles. The maximum atomic E-state index is 13.1.